The molecule has 0 atom stereocenters. The molecule has 27 heavy (non-hydrogen) atoms. The molecule has 2 aromatic carbocycles. The van der Waals surface area contributed by atoms with E-state index in [4.69, 9.17) is 4.42 Å². The summed E-state index contributed by atoms with van der Waals surface area (Å²) >= 11 is 0. The van der Waals surface area contributed by atoms with Gasteiger partial charge in [-0.3, -0.25) is 19.7 Å². The molecule has 0 aliphatic carbocycles. The van der Waals surface area contributed by atoms with Crippen molar-refractivity contribution in [3.63, 3.8) is 0 Å². The van der Waals surface area contributed by atoms with Gasteiger partial charge in [0, 0.05) is 29.8 Å². The first-order valence-electron chi connectivity index (χ1n) is 8.04. The second-order valence-electron chi connectivity index (χ2n) is 5.90. The van der Waals surface area contributed by atoms with E-state index in [9.17, 15) is 19.7 Å². The molecule has 3 aromatic rings. The van der Waals surface area contributed by atoms with Crippen LogP contribution in [0.4, 0.5) is 11.4 Å². The van der Waals surface area contributed by atoms with Crippen LogP contribution in [0.5, 0.6) is 0 Å². The van der Waals surface area contributed by atoms with Crippen LogP contribution in [0.1, 0.15) is 21.8 Å². The highest BCUT2D eigenvalue weighted by Gasteiger charge is 2.15. The number of nitro benzene ring substituents is 1. The molecule has 0 saturated carbocycles. The Morgan fingerprint density at radius 3 is 2.70 bits per heavy atom. The summed E-state index contributed by atoms with van der Waals surface area (Å²) in [6, 6.07) is 9.15. The highest BCUT2D eigenvalue weighted by molar-refractivity contribution is 6.00. The average Bonchev–Trinajstić information content (AvgIpc) is 2.99. The van der Waals surface area contributed by atoms with Crippen molar-refractivity contribution in [1.29, 1.82) is 0 Å². The molecule has 1 heterocycles. The molecule has 0 spiro atoms. The number of hydrogen-bond acceptors (Lipinski definition) is 6. The third kappa shape index (κ3) is 4.09. The van der Waals surface area contributed by atoms with Crippen LogP contribution in [0.25, 0.3) is 11.1 Å². The molecule has 0 bridgehead atoms. The van der Waals surface area contributed by atoms with Crippen LogP contribution < -0.4 is 10.6 Å². The monoisotopic (exact) mass is 368 g/mol. The molecular weight excluding hydrogens is 352 g/mol. The number of nitrogens with one attached hydrogen (secondary N) is 2. The Hall–Kier alpha value is -3.75. The lowest BCUT2D eigenvalue weighted by Crippen LogP contribution is -2.32. The SMILES string of the molecule is Cc1nc2cc(NC(=O)CNC(=O)c3ccc(C)c([N+](=O)[O-])c3)ccc2o1. The summed E-state index contributed by atoms with van der Waals surface area (Å²) in [5.74, 6) is -0.492. The fourth-order valence-corrected chi connectivity index (χ4v) is 2.54. The van der Waals surface area contributed by atoms with Gasteiger partial charge in [0.15, 0.2) is 11.5 Å². The first kappa shape index (κ1) is 18.1. The van der Waals surface area contributed by atoms with Crippen LogP contribution in [-0.2, 0) is 4.79 Å². The number of anilines is 1. The number of aryl methyl sites for hydroxylation is 2. The Morgan fingerprint density at radius 1 is 1.19 bits per heavy atom. The fourth-order valence-electron chi connectivity index (χ4n) is 2.54. The van der Waals surface area contributed by atoms with Gasteiger partial charge in [0.2, 0.25) is 5.91 Å². The number of rotatable bonds is 5. The number of fused-ring (bicyclic) bond motifs is 1. The van der Waals surface area contributed by atoms with Crippen LogP contribution in [0.2, 0.25) is 0 Å². The number of aromatic nitrogens is 1. The molecule has 2 N–H and O–H groups in total. The van der Waals surface area contributed by atoms with Gasteiger partial charge in [0.05, 0.1) is 11.5 Å². The van der Waals surface area contributed by atoms with Crippen molar-refractivity contribution >= 4 is 34.3 Å². The van der Waals surface area contributed by atoms with E-state index in [0.717, 1.165) is 0 Å². The molecule has 2 amide bonds. The summed E-state index contributed by atoms with van der Waals surface area (Å²) in [6.45, 7) is 3.03. The molecule has 3 rings (SSSR count). The molecule has 138 valence electrons. The van der Waals surface area contributed by atoms with Crippen LogP contribution >= 0.6 is 0 Å². The van der Waals surface area contributed by atoms with Crippen LogP contribution in [0, 0.1) is 24.0 Å². The number of nitrogens with zero attached hydrogens (tertiary/aromatic N) is 2. The Kier molecular flexibility index (Phi) is 4.84. The van der Waals surface area contributed by atoms with Gasteiger partial charge in [0.25, 0.3) is 11.6 Å². The highest BCUT2D eigenvalue weighted by atomic mass is 16.6. The highest BCUT2D eigenvalue weighted by Crippen LogP contribution is 2.20. The second kappa shape index (κ2) is 7.24. The summed E-state index contributed by atoms with van der Waals surface area (Å²) in [5, 5.41) is 16.0. The molecule has 0 aliphatic heterocycles. The van der Waals surface area contributed by atoms with E-state index in [1.165, 1.54) is 18.2 Å². The van der Waals surface area contributed by atoms with Crippen molar-refractivity contribution in [3.05, 3.63) is 63.5 Å². The molecular formula is C18H16N4O5. The maximum Gasteiger partial charge on any atom is 0.273 e. The van der Waals surface area contributed by atoms with Crippen molar-refractivity contribution in [2.45, 2.75) is 13.8 Å². The number of benzene rings is 2. The van der Waals surface area contributed by atoms with Crippen molar-refractivity contribution < 1.29 is 18.9 Å². The van der Waals surface area contributed by atoms with Crippen molar-refractivity contribution in [3.8, 4) is 0 Å². The zero-order valence-corrected chi connectivity index (χ0v) is 14.6. The fraction of sp³-hybridized carbons (Fsp3) is 0.167. The standard InChI is InChI=1S/C18H16N4O5/c1-10-3-4-12(7-15(10)22(25)26)18(24)19-9-17(23)21-13-5-6-16-14(8-13)20-11(2)27-16/h3-8H,9H2,1-2H3,(H,19,24)(H,21,23). The van der Waals surface area contributed by atoms with Crippen molar-refractivity contribution in [2.24, 2.45) is 0 Å². The van der Waals surface area contributed by atoms with Crippen LogP contribution in [-0.4, -0.2) is 28.3 Å². The zero-order chi connectivity index (χ0) is 19.6. The summed E-state index contributed by atoms with van der Waals surface area (Å²) in [6.07, 6.45) is 0. The Labute approximate surface area is 153 Å². The normalized spacial score (nSPS) is 10.6. The number of carbonyl (C=O) groups excluding carboxylic acids is 2. The van der Waals surface area contributed by atoms with Gasteiger partial charge in [-0.05, 0) is 31.2 Å². The second-order valence-corrected chi connectivity index (χ2v) is 5.90. The minimum absolute atomic E-state index is 0.111. The summed E-state index contributed by atoms with van der Waals surface area (Å²) in [4.78, 5) is 38.8. The lowest BCUT2D eigenvalue weighted by molar-refractivity contribution is -0.385. The van der Waals surface area contributed by atoms with E-state index in [-0.39, 0.29) is 17.8 Å². The molecule has 0 saturated heterocycles. The smallest absolute Gasteiger partial charge is 0.273 e. The first-order chi connectivity index (χ1) is 12.8. The average molecular weight is 368 g/mol. The largest absolute Gasteiger partial charge is 0.441 e. The molecule has 0 fully saturated rings. The van der Waals surface area contributed by atoms with Crippen molar-refractivity contribution in [1.82, 2.24) is 10.3 Å². The van der Waals surface area contributed by atoms with E-state index in [2.05, 4.69) is 15.6 Å². The van der Waals surface area contributed by atoms with E-state index in [1.807, 2.05) is 0 Å². The molecule has 1 aromatic heterocycles. The number of amides is 2. The molecule has 9 heteroatoms. The minimum Gasteiger partial charge on any atom is -0.441 e. The number of oxazole rings is 1. The maximum absolute atomic E-state index is 12.1. The lowest BCUT2D eigenvalue weighted by atomic mass is 10.1. The Morgan fingerprint density at radius 2 is 1.96 bits per heavy atom. The predicted octanol–water partition coefficient (Wildman–Crippen LogP) is 2.72. The summed E-state index contributed by atoms with van der Waals surface area (Å²) in [5.41, 5.74) is 2.15. The number of hydrogen-bond donors (Lipinski definition) is 2. The predicted molar refractivity (Wildman–Crippen MR) is 97.5 cm³/mol. The molecule has 9 nitrogen and oxygen atoms in total. The quantitative estimate of drug-likeness (QED) is 0.526. The van der Waals surface area contributed by atoms with Gasteiger partial charge in [-0.25, -0.2) is 4.98 Å². The van der Waals surface area contributed by atoms with E-state index in [0.29, 0.717) is 28.2 Å². The molecule has 0 radical (unpaired) electrons. The Bertz CT molecular complexity index is 1060. The van der Waals surface area contributed by atoms with E-state index >= 15 is 0 Å². The van der Waals surface area contributed by atoms with Gasteiger partial charge in [0.1, 0.15) is 5.52 Å². The van der Waals surface area contributed by atoms with Crippen molar-refractivity contribution in [2.75, 3.05) is 11.9 Å². The molecule has 0 unspecified atom stereocenters. The van der Waals surface area contributed by atoms with E-state index in [1.54, 1.807) is 32.0 Å². The summed E-state index contributed by atoms with van der Waals surface area (Å²) < 4.78 is 5.36. The minimum atomic E-state index is -0.573. The number of nitro groups is 1. The van der Waals surface area contributed by atoms with Crippen LogP contribution in [0.3, 0.4) is 0 Å². The van der Waals surface area contributed by atoms with Gasteiger partial charge < -0.3 is 15.1 Å². The number of carbonyl (C=O) groups is 2. The van der Waals surface area contributed by atoms with Gasteiger partial charge >= 0.3 is 0 Å². The first-order valence-corrected chi connectivity index (χ1v) is 8.04. The lowest BCUT2D eigenvalue weighted by Gasteiger charge is -2.07. The van der Waals surface area contributed by atoms with Gasteiger partial charge in [-0.1, -0.05) is 6.07 Å². The molecule has 0 aliphatic rings. The topological polar surface area (TPSA) is 127 Å². The Balaban J connectivity index is 1.61. The zero-order valence-electron chi connectivity index (χ0n) is 14.6. The van der Waals surface area contributed by atoms with Gasteiger partial charge in [-0.15, -0.1) is 0 Å². The van der Waals surface area contributed by atoms with Gasteiger partial charge in [-0.2, -0.15) is 0 Å². The maximum atomic E-state index is 12.1. The van der Waals surface area contributed by atoms with Crippen LogP contribution in [0.15, 0.2) is 40.8 Å². The third-order valence-corrected chi connectivity index (χ3v) is 3.86. The third-order valence-electron chi connectivity index (χ3n) is 3.86. The van der Waals surface area contributed by atoms with E-state index < -0.39 is 16.7 Å². The summed E-state index contributed by atoms with van der Waals surface area (Å²) in [7, 11) is 0.